The zero-order chi connectivity index (χ0) is 6.57. The van der Waals surface area contributed by atoms with E-state index in [-0.39, 0.29) is 0 Å². The van der Waals surface area contributed by atoms with Crippen molar-refractivity contribution in [2.45, 2.75) is 12.8 Å². The van der Waals surface area contributed by atoms with Crippen LogP contribution in [0.25, 0.3) is 0 Å². The fraction of sp³-hybridized carbons (Fsp3) is 1.00. The van der Waals surface area contributed by atoms with Gasteiger partial charge in [-0.1, -0.05) is 0 Å². The maximum absolute atomic E-state index is 1.72. The van der Waals surface area contributed by atoms with Gasteiger partial charge in [0, 0.05) is 0 Å². The lowest BCUT2D eigenvalue weighted by Crippen LogP contribution is -2.07. The van der Waals surface area contributed by atoms with Gasteiger partial charge < -0.3 is 0 Å². The minimum absolute atomic E-state index is 1.16. The summed E-state index contributed by atoms with van der Waals surface area (Å²) in [4.78, 5) is 0. The smallest absolute Gasteiger partial charge is 0.000449 e. The van der Waals surface area contributed by atoms with Crippen LogP contribution in [0.15, 0.2) is 0 Å². The lowest BCUT2D eigenvalue weighted by atomic mass is 9.94. The third-order valence-electron chi connectivity index (χ3n) is 10.3. The van der Waals surface area contributed by atoms with Crippen molar-refractivity contribution < 1.29 is 0 Å². The predicted octanol–water partition coefficient (Wildman–Crippen LogP) is 1.03. The molecule has 10 aliphatic rings. The molecule has 10 aliphatic carbocycles. The van der Waals surface area contributed by atoms with Crippen LogP contribution in [-0.2, 0) is 0 Å². The van der Waals surface area contributed by atoms with Crippen LogP contribution in [0.1, 0.15) is 12.8 Å². The van der Waals surface area contributed by atoms with Gasteiger partial charge in [-0.3, -0.25) is 0 Å². The molecule has 12 heavy (non-hydrogen) atoms. The van der Waals surface area contributed by atoms with Gasteiger partial charge in [0.15, 0.2) is 0 Å². The molecule has 0 N–H and O–H groups in total. The molecule has 10 saturated carbocycles. The molecule has 0 aliphatic heterocycles. The Kier molecular flexibility index (Phi) is 0.0962. The molecule has 0 aromatic heterocycles. The summed E-state index contributed by atoms with van der Waals surface area (Å²) >= 11 is 0. The summed E-state index contributed by atoms with van der Waals surface area (Å²) in [6, 6.07) is 0. The Morgan fingerprint density at radius 2 is 1.17 bits per heavy atom. The highest BCUT2D eigenvalue weighted by Crippen LogP contribution is 3.75. The molecule has 0 aromatic carbocycles. The second-order valence-electron chi connectivity index (χ2n) is 8.07. The largest absolute Gasteiger partial charge is 0.0421 e. The van der Waals surface area contributed by atoms with Gasteiger partial charge >= 0.3 is 0 Å². The lowest BCUT2D eigenvalue weighted by Gasteiger charge is -2.08. The number of hydrogen-bond acceptors (Lipinski definition) is 0. The second-order valence-corrected chi connectivity index (χ2v) is 8.07. The molecule has 8 spiro atoms. The van der Waals surface area contributed by atoms with E-state index in [2.05, 4.69) is 0 Å². The minimum atomic E-state index is 1.16. The van der Waals surface area contributed by atoms with Gasteiger partial charge in [0.1, 0.15) is 0 Å². The zero-order valence-corrected chi connectivity index (χ0v) is 6.57. The molecule has 0 nitrogen and oxygen atoms in total. The Balaban J connectivity index is 1.60. The molecule has 0 bridgehead atoms. The summed E-state index contributed by atoms with van der Waals surface area (Å²) in [5, 5.41) is 0. The van der Waals surface area contributed by atoms with Gasteiger partial charge in [0.2, 0.25) is 0 Å². The highest BCUT2D eigenvalue weighted by atomic mass is 15.8. The highest BCUT2D eigenvalue weighted by Gasteiger charge is 3.74. The first kappa shape index (κ1) is 3.29. The van der Waals surface area contributed by atoms with Crippen LogP contribution >= 0.6 is 0 Å². The molecule has 0 saturated heterocycles. The molecule has 0 amide bonds. The SMILES string of the molecule is C1C2C13C21C32C13C14C56CC5C61C243. The first-order valence-corrected chi connectivity index (χ1v) is 5.93. The van der Waals surface area contributed by atoms with Crippen molar-refractivity contribution in [3.05, 3.63) is 0 Å². The Labute approximate surface area is 68.7 Å². The van der Waals surface area contributed by atoms with E-state index in [0.717, 1.165) is 10.8 Å². The molecule has 0 radical (unpaired) electrons. The molecule has 0 heterocycles. The average Bonchev–Trinajstić information content (AvgIpc) is 2.83. The number of rotatable bonds is 0. The van der Waals surface area contributed by atoms with Gasteiger partial charge in [-0.05, 0) is 68.0 Å². The summed E-state index contributed by atoms with van der Waals surface area (Å²) in [5.74, 6) is 2.73. The van der Waals surface area contributed by atoms with Crippen molar-refractivity contribution >= 4 is 0 Å². The standard InChI is InChI=1S/C12H6/c1-3-5(1)7(3)9(5)11(7)10-6-2-4(6)8(6,10)12(9,10)11/h3-4H,1-2H2. The molecule has 10 fully saturated rings. The van der Waals surface area contributed by atoms with Crippen LogP contribution in [-0.4, -0.2) is 0 Å². The Hall–Kier alpha value is 0. The first-order valence-electron chi connectivity index (χ1n) is 5.93. The predicted molar refractivity (Wildman–Crippen MR) is 35.7 cm³/mol. The monoisotopic (exact) mass is 150 g/mol. The summed E-state index contributed by atoms with van der Waals surface area (Å²) in [6.07, 6.45) is 3.45. The Morgan fingerprint density at radius 3 is 1.50 bits per heavy atom. The van der Waals surface area contributed by atoms with E-state index in [0.29, 0.717) is 0 Å². The van der Waals surface area contributed by atoms with Crippen molar-refractivity contribution in [2.24, 2.45) is 55.2 Å². The van der Waals surface area contributed by atoms with Crippen LogP contribution in [0, 0.1) is 55.2 Å². The van der Waals surface area contributed by atoms with Crippen molar-refractivity contribution in [2.75, 3.05) is 0 Å². The van der Waals surface area contributed by atoms with Gasteiger partial charge in [-0.25, -0.2) is 0 Å². The fourth-order valence-electron chi connectivity index (χ4n) is 11.5. The highest BCUT2D eigenvalue weighted by molar-refractivity contribution is 6.18. The molecule has 6 unspecified atom stereocenters. The lowest BCUT2D eigenvalue weighted by molar-refractivity contribution is 0.361. The van der Waals surface area contributed by atoms with E-state index in [4.69, 9.17) is 0 Å². The Morgan fingerprint density at radius 1 is 0.667 bits per heavy atom. The molecule has 10 rings (SSSR count). The number of hydrogen-bond donors (Lipinski definition) is 0. The summed E-state index contributed by atoms with van der Waals surface area (Å²) in [7, 11) is 0. The van der Waals surface area contributed by atoms with Gasteiger partial charge in [0.05, 0.1) is 0 Å². The van der Waals surface area contributed by atoms with Crippen molar-refractivity contribution in [1.82, 2.24) is 0 Å². The van der Waals surface area contributed by atoms with Crippen LogP contribution in [0.3, 0.4) is 0 Å². The van der Waals surface area contributed by atoms with Gasteiger partial charge in [0.25, 0.3) is 0 Å². The summed E-state index contributed by atoms with van der Waals surface area (Å²) in [5.41, 5.74) is 9.49. The van der Waals surface area contributed by atoms with Crippen molar-refractivity contribution in [1.29, 1.82) is 0 Å². The van der Waals surface area contributed by atoms with E-state index < -0.39 is 0 Å². The topological polar surface area (TPSA) is 0 Å². The van der Waals surface area contributed by atoms with Crippen LogP contribution < -0.4 is 0 Å². The molecule has 0 aromatic rings. The van der Waals surface area contributed by atoms with E-state index in [1.54, 1.807) is 12.8 Å². The molecule has 6 atom stereocenters. The maximum atomic E-state index is 1.72. The third kappa shape index (κ3) is 0.0472. The van der Waals surface area contributed by atoms with E-state index in [1.165, 1.54) is 44.3 Å². The third-order valence-corrected chi connectivity index (χ3v) is 10.3. The molecular weight excluding hydrogens is 144 g/mol. The molecule has 0 heteroatoms. The second kappa shape index (κ2) is 0.351. The van der Waals surface area contributed by atoms with E-state index in [1.807, 2.05) is 0 Å². The van der Waals surface area contributed by atoms with Crippen LogP contribution in [0.5, 0.6) is 0 Å². The molecular formula is C12H6. The minimum Gasteiger partial charge on any atom is -0.0421 e. The summed E-state index contributed by atoms with van der Waals surface area (Å²) < 4.78 is 0. The normalized spacial score (nSPS) is 150. The van der Waals surface area contributed by atoms with Crippen LogP contribution in [0.4, 0.5) is 0 Å². The maximum Gasteiger partial charge on any atom is -0.000449 e. The van der Waals surface area contributed by atoms with Crippen molar-refractivity contribution in [3.8, 4) is 0 Å². The van der Waals surface area contributed by atoms with Gasteiger partial charge in [-0.15, -0.1) is 0 Å². The van der Waals surface area contributed by atoms with Gasteiger partial charge in [-0.2, -0.15) is 0 Å². The fourth-order valence-corrected chi connectivity index (χ4v) is 11.5. The van der Waals surface area contributed by atoms with Crippen LogP contribution in [0.2, 0.25) is 0 Å². The van der Waals surface area contributed by atoms with E-state index in [9.17, 15) is 0 Å². The zero-order valence-electron chi connectivity index (χ0n) is 6.57. The average molecular weight is 150 g/mol. The quantitative estimate of drug-likeness (QED) is 0.483. The van der Waals surface area contributed by atoms with Crippen molar-refractivity contribution in [3.63, 3.8) is 0 Å². The molecule has 54 valence electrons. The summed E-state index contributed by atoms with van der Waals surface area (Å²) in [6.45, 7) is 0. The van der Waals surface area contributed by atoms with E-state index >= 15 is 0 Å². The first-order chi connectivity index (χ1) is 5.93. The Bertz CT molecular complexity index is 578.